The molecule has 0 spiro atoms. The minimum Gasteiger partial charge on any atom is -0.461 e. The van der Waals surface area contributed by atoms with Gasteiger partial charge in [0, 0.05) is 55.7 Å². The number of nitrogens with one attached hydrogen (secondary N) is 2. The number of halogens is 3. The topological polar surface area (TPSA) is 84.2 Å². The van der Waals surface area contributed by atoms with Crippen LogP contribution < -0.4 is 0 Å². The van der Waals surface area contributed by atoms with Crippen molar-refractivity contribution in [2.24, 2.45) is 0 Å². The Hall–Kier alpha value is -2.04. The van der Waals surface area contributed by atoms with E-state index >= 15 is 0 Å². The molecule has 2 aromatic carbocycles. The third-order valence-corrected chi connectivity index (χ3v) is 5.85. The number of carbonyl (C=O) groups is 2. The minimum atomic E-state index is -0.343. The molecule has 34 heavy (non-hydrogen) atoms. The van der Waals surface area contributed by atoms with Crippen LogP contribution in [0.5, 0.6) is 0 Å². The first-order valence-electron chi connectivity index (χ1n) is 9.76. The van der Waals surface area contributed by atoms with Gasteiger partial charge < -0.3 is 19.4 Å². The summed E-state index contributed by atoms with van der Waals surface area (Å²) in [6.45, 7) is 4.29. The Morgan fingerprint density at radius 3 is 2.06 bits per heavy atom. The lowest BCUT2D eigenvalue weighted by atomic mass is 9.81. The molecule has 6 nitrogen and oxygen atoms in total. The van der Waals surface area contributed by atoms with E-state index in [0.717, 1.165) is 25.4 Å². The highest BCUT2D eigenvalue weighted by Gasteiger charge is 2.16. The summed E-state index contributed by atoms with van der Waals surface area (Å²) in [7, 11) is 8.00. The maximum Gasteiger partial charge on any atom is 0.355 e. The Labute approximate surface area is 225 Å². The van der Waals surface area contributed by atoms with Crippen LogP contribution in [0, 0.1) is 3.57 Å². The number of H-pyrrole nitrogens is 2. The summed E-state index contributed by atoms with van der Waals surface area (Å²) in [4.78, 5) is 29.1. The lowest BCUT2D eigenvalue weighted by Gasteiger charge is -1.98. The van der Waals surface area contributed by atoms with E-state index in [1.54, 1.807) is 38.1 Å². The van der Waals surface area contributed by atoms with Crippen LogP contribution in [0.3, 0.4) is 0 Å². The molecular weight excluding hydrogens is 586 g/mol. The second-order valence-electron chi connectivity index (χ2n) is 6.36. The maximum absolute atomic E-state index is 11.6. The van der Waals surface area contributed by atoms with Crippen molar-refractivity contribution in [3.05, 3.63) is 67.5 Å². The Kier molecular flexibility index (Phi) is 12.7. The average Bonchev–Trinajstić information content (AvgIpc) is 3.37. The van der Waals surface area contributed by atoms with Crippen LogP contribution in [0.1, 0.15) is 34.8 Å². The van der Waals surface area contributed by atoms with E-state index in [2.05, 4.69) is 48.0 Å². The molecule has 171 valence electrons. The number of benzene rings is 2. The zero-order valence-electron chi connectivity index (χ0n) is 18.5. The van der Waals surface area contributed by atoms with Crippen LogP contribution in [0.2, 0.25) is 10.0 Å². The second kappa shape index (κ2) is 14.4. The van der Waals surface area contributed by atoms with E-state index in [1.165, 1.54) is 0 Å². The average molecular weight is 606 g/mol. The third kappa shape index (κ3) is 7.48. The third-order valence-electron chi connectivity index (χ3n) is 4.25. The maximum atomic E-state index is 11.6. The van der Waals surface area contributed by atoms with E-state index in [0.29, 0.717) is 34.6 Å². The molecule has 12 heteroatoms. The monoisotopic (exact) mass is 605 g/mol. The molecule has 0 amide bonds. The van der Waals surface area contributed by atoms with Crippen LogP contribution in [0.15, 0.2) is 42.5 Å². The van der Waals surface area contributed by atoms with Crippen molar-refractivity contribution in [2.45, 2.75) is 13.8 Å². The standard InChI is InChI=1S/C11H9ClINO2.C11H10ClNO2.B2.B/c1-2-16-11(15)10-9(13)7-5-6(12)3-4-8(7)14-10;1-2-15-11(14)10-6-7-5-8(12)3-4-9(7)13-10;1-2;/h3-5,14H,2H2,1H3;3-6,13H,2H2,1H3;;. The molecule has 2 N–H and O–H groups in total. The molecule has 4 rings (SSSR count). The highest BCUT2D eigenvalue weighted by Crippen LogP contribution is 2.27. The summed E-state index contributed by atoms with van der Waals surface area (Å²) in [6.07, 6.45) is 0. The van der Waals surface area contributed by atoms with Gasteiger partial charge in [0.25, 0.3) is 0 Å². The van der Waals surface area contributed by atoms with Crippen molar-refractivity contribution >= 4 is 103 Å². The predicted octanol–water partition coefficient (Wildman–Crippen LogP) is 5.46. The molecule has 0 fully saturated rings. The predicted molar refractivity (Wildman–Crippen MR) is 149 cm³/mol. The van der Waals surface area contributed by atoms with Crippen molar-refractivity contribution < 1.29 is 19.1 Å². The van der Waals surface area contributed by atoms with E-state index in [1.807, 2.05) is 18.2 Å². The number of esters is 2. The summed E-state index contributed by atoms with van der Waals surface area (Å²) in [6, 6.07) is 12.6. The number of carbonyl (C=O) groups excluding carboxylic acids is 2. The second-order valence-corrected chi connectivity index (χ2v) is 8.31. The molecule has 0 saturated carbocycles. The van der Waals surface area contributed by atoms with Crippen LogP contribution >= 0.6 is 45.8 Å². The number of fused-ring (bicyclic) bond motifs is 2. The van der Waals surface area contributed by atoms with Crippen LogP contribution in [-0.4, -0.2) is 59.0 Å². The number of aromatic nitrogens is 2. The highest BCUT2D eigenvalue weighted by atomic mass is 127. The van der Waals surface area contributed by atoms with Gasteiger partial charge in [0.1, 0.15) is 11.4 Å². The lowest BCUT2D eigenvalue weighted by molar-refractivity contribution is 0.0510. The van der Waals surface area contributed by atoms with Crippen LogP contribution in [0.4, 0.5) is 0 Å². The molecule has 0 unspecified atom stereocenters. The minimum absolute atomic E-state index is 0. The van der Waals surface area contributed by atoms with Crippen molar-refractivity contribution in [1.29, 1.82) is 0 Å². The van der Waals surface area contributed by atoms with Crippen molar-refractivity contribution in [3.63, 3.8) is 0 Å². The fourth-order valence-corrected chi connectivity index (χ4v) is 4.05. The zero-order valence-corrected chi connectivity index (χ0v) is 22.1. The molecule has 0 aliphatic carbocycles. The molecule has 0 aliphatic rings. The number of hydrogen-bond donors (Lipinski definition) is 2. The molecule has 0 saturated heterocycles. The van der Waals surface area contributed by atoms with Gasteiger partial charge in [-0.05, 0) is 78.9 Å². The van der Waals surface area contributed by atoms with E-state index < -0.39 is 0 Å². The Bertz CT molecular complexity index is 1260. The van der Waals surface area contributed by atoms with Crippen LogP contribution in [-0.2, 0) is 9.47 Å². The van der Waals surface area contributed by atoms with Gasteiger partial charge in [-0.3, -0.25) is 0 Å². The molecular formula is C22H19B3Cl2IN2O4. The van der Waals surface area contributed by atoms with Gasteiger partial charge in [-0.2, -0.15) is 0 Å². The molecule has 2 aromatic heterocycles. The number of ether oxygens (including phenoxy) is 2. The summed E-state index contributed by atoms with van der Waals surface area (Å²) < 4.78 is 10.7. The van der Waals surface area contributed by atoms with Crippen molar-refractivity contribution in [1.82, 2.24) is 9.97 Å². The normalized spacial score (nSPS) is 9.79. The fraction of sp³-hybridized carbons (Fsp3) is 0.182. The first-order valence-corrected chi connectivity index (χ1v) is 11.6. The number of rotatable bonds is 4. The lowest BCUT2D eigenvalue weighted by Crippen LogP contribution is -2.06. The number of hydrogen-bond acceptors (Lipinski definition) is 4. The van der Waals surface area contributed by atoms with Crippen molar-refractivity contribution in [3.8, 4) is 0 Å². The van der Waals surface area contributed by atoms with Gasteiger partial charge in [0.05, 0.1) is 16.8 Å². The van der Waals surface area contributed by atoms with Crippen molar-refractivity contribution in [2.75, 3.05) is 13.2 Å². The summed E-state index contributed by atoms with van der Waals surface area (Å²) in [5.74, 6) is -0.677. The van der Waals surface area contributed by atoms with Gasteiger partial charge in [-0.25, -0.2) is 9.59 Å². The Balaban J connectivity index is 0.000000309. The first-order chi connectivity index (χ1) is 15.8. The fourth-order valence-electron chi connectivity index (χ4n) is 2.90. The highest BCUT2D eigenvalue weighted by molar-refractivity contribution is 14.1. The summed E-state index contributed by atoms with van der Waals surface area (Å²) in [5.41, 5.74) is 2.70. The number of aromatic amines is 2. The largest absolute Gasteiger partial charge is 0.461 e. The smallest absolute Gasteiger partial charge is 0.355 e. The Morgan fingerprint density at radius 1 is 0.882 bits per heavy atom. The SMILES string of the molecule is CCOC(=O)c1[nH]c2ccc(Cl)cc2c1I.CCOC(=O)c1cc2cc(Cl)ccc2[nH]1.[B].[B][B]. The van der Waals surface area contributed by atoms with E-state index in [9.17, 15) is 9.59 Å². The first kappa shape index (κ1) is 30.0. The molecule has 2 heterocycles. The van der Waals surface area contributed by atoms with E-state index in [-0.39, 0.29) is 20.4 Å². The van der Waals surface area contributed by atoms with Gasteiger partial charge in [-0.1, -0.05) is 23.2 Å². The molecule has 0 atom stereocenters. The van der Waals surface area contributed by atoms with Gasteiger partial charge >= 0.3 is 11.9 Å². The van der Waals surface area contributed by atoms with Gasteiger partial charge in [0.2, 0.25) is 0 Å². The molecule has 0 bridgehead atoms. The van der Waals surface area contributed by atoms with Gasteiger partial charge in [-0.15, -0.1) is 0 Å². The quantitative estimate of drug-likeness (QED) is 0.184. The molecule has 0 aliphatic heterocycles. The zero-order chi connectivity index (χ0) is 24.5. The molecule has 7 radical (unpaired) electrons. The summed E-state index contributed by atoms with van der Waals surface area (Å²) in [5, 5.41) is 3.15. The summed E-state index contributed by atoms with van der Waals surface area (Å²) >= 11 is 13.9. The van der Waals surface area contributed by atoms with Gasteiger partial charge in [0.15, 0.2) is 0 Å². The molecule has 4 aromatic rings. The Morgan fingerprint density at radius 2 is 1.44 bits per heavy atom. The van der Waals surface area contributed by atoms with E-state index in [4.69, 9.17) is 32.7 Å². The van der Waals surface area contributed by atoms with Crippen LogP contribution in [0.25, 0.3) is 21.8 Å².